The number of hydrogen-bond acceptors (Lipinski definition) is 3. The second-order valence-corrected chi connectivity index (χ2v) is 6.27. The van der Waals surface area contributed by atoms with E-state index in [1.165, 1.54) is 7.11 Å². The SMILES string of the molecule is COC(=O)CN(C(=O)CC(C)(C)C)C1CCCC1. The first-order chi connectivity index (χ1) is 8.33. The molecule has 1 aliphatic carbocycles. The van der Waals surface area contributed by atoms with Crippen LogP contribution in [-0.2, 0) is 14.3 Å². The van der Waals surface area contributed by atoms with Crippen LogP contribution in [0.15, 0.2) is 0 Å². The summed E-state index contributed by atoms with van der Waals surface area (Å²) in [6.07, 6.45) is 4.77. The van der Waals surface area contributed by atoms with Crippen LogP contribution in [0.2, 0.25) is 0 Å². The molecule has 0 aromatic carbocycles. The van der Waals surface area contributed by atoms with E-state index in [2.05, 4.69) is 4.74 Å². The normalized spacial score (nSPS) is 16.7. The number of esters is 1. The van der Waals surface area contributed by atoms with E-state index in [1.807, 2.05) is 20.8 Å². The van der Waals surface area contributed by atoms with Crippen LogP contribution in [0.5, 0.6) is 0 Å². The summed E-state index contributed by atoms with van der Waals surface area (Å²) in [6.45, 7) is 6.21. The number of amides is 1. The van der Waals surface area contributed by atoms with E-state index >= 15 is 0 Å². The Labute approximate surface area is 110 Å². The molecule has 0 aliphatic heterocycles. The van der Waals surface area contributed by atoms with Gasteiger partial charge in [-0.25, -0.2) is 0 Å². The molecule has 0 N–H and O–H groups in total. The van der Waals surface area contributed by atoms with Gasteiger partial charge in [0.2, 0.25) is 5.91 Å². The number of ether oxygens (including phenoxy) is 1. The maximum atomic E-state index is 12.3. The summed E-state index contributed by atoms with van der Waals surface area (Å²) in [5.74, 6) is -0.260. The molecule has 4 nitrogen and oxygen atoms in total. The lowest BCUT2D eigenvalue weighted by Crippen LogP contribution is -2.43. The number of carbonyl (C=O) groups is 2. The van der Waals surface area contributed by atoms with Crippen molar-refractivity contribution in [3.8, 4) is 0 Å². The Morgan fingerprint density at radius 3 is 2.22 bits per heavy atom. The number of methoxy groups -OCH3 is 1. The van der Waals surface area contributed by atoms with Crippen molar-refractivity contribution in [2.24, 2.45) is 5.41 Å². The van der Waals surface area contributed by atoms with Crippen LogP contribution in [0, 0.1) is 5.41 Å². The quantitative estimate of drug-likeness (QED) is 0.724. The van der Waals surface area contributed by atoms with E-state index in [0.29, 0.717) is 6.42 Å². The van der Waals surface area contributed by atoms with Gasteiger partial charge >= 0.3 is 5.97 Å². The Morgan fingerprint density at radius 1 is 1.22 bits per heavy atom. The van der Waals surface area contributed by atoms with Gasteiger partial charge in [-0.1, -0.05) is 33.6 Å². The molecular formula is C14H25NO3. The lowest BCUT2D eigenvalue weighted by Gasteiger charge is -2.30. The fourth-order valence-electron chi connectivity index (χ4n) is 2.40. The lowest BCUT2D eigenvalue weighted by atomic mass is 9.91. The van der Waals surface area contributed by atoms with Crippen molar-refractivity contribution in [1.82, 2.24) is 4.90 Å². The zero-order valence-corrected chi connectivity index (χ0v) is 12.0. The summed E-state index contributed by atoms with van der Waals surface area (Å²) in [6, 6.07) is 0.221. The van der Waals surface area contributed by atoms with Crippen molar-refractivity contribution in [1.29, 1.82) is 0 Å². The summed E-state index contributed by atoms with van der Waals surface area (Å²) in [5.41, 5.74) is -0.0515. The largest absolute Gasteiger partial charge is 0.468 e. The molecule has 1 aliphatic rings. The summed E-state index contributed by atoms with van der Waals surface area (Å²) in [5, 5.41) is 0. The van der Waals surface area contributed by atoms with E-state index in [4.69, 9.17) is 0 Å². The Balaban J connectivity index is 2.69. The van der Waals surface area contributed by atoms with Crippen LogP contribution in [0.1, 0.15) is 52.9 Å². The third-order valence-electron chi connectivity index (χ3n) is 3.29. The van der Waals surface area contributed by atoms with E-state index in [9.17, 15) is 9.59 Å². The number of hydrogen-bond donors (Lipinski definition) is 0. The molecule has 0 radical (unpaired) electrons. The fourth-order valence-corrected chi connectivity index (χ4v) is 2.40. The second kappa shape index (κ2) is 6.21. The molecule has 1 amide bonds. The molecule has 1 saturated carbocycles. The van der Waals surface area contributed by atoms with E-state index in [-0.39, 0.29) is 29.9 Å². The minimum Gasteiger partial charge on any atom is -0.468 e. The monoisotopic (exact) mass is 255 g/mol. The van der Waals surface area contributed by atoms with Crippen molar-refractivity contribution in [2.45, 2.75) is 58.9 Å². The molecule has 1 rings (SSSR count). The first-order valence-corrected chi connectivity index (χ1v) is 6.70. The van der Waals surface area contributed by atoms with Crippen LogP contribution in [0.25, 0.3) is 0 Å². The van der Waals surface area contributed by atoms with Gasteiger partial charge < -0.3 is 9.64 Å². The Morgan fingerprint density at radius 2 is 1.78 bits per heavy atom. The minimum absolute atomic E-state index is 0.0515. The highest BCUT2D eigenvalue weighted by Crippen LogP contribution is 2.27. The van der Waals surface area contributed by atoms with Crippen LogP contribution in [0.4, 0.5) is 0 Å². The van der Waals surface area contributed by atoms with Crippen molar-refractivity contribution >= 4 is 11.9 Å². The van der Waals surface area contributed by atoms with Crippen molar-refractivity contribution < 1.29 is 14.3 Å². The number of rotatable bonds is 4. The van der Waals surface area contributed by atoms with Crippen LogP contribution >= 0.6 is 0 Å². The lowest BCUT2D eigenvalue weighted by molar-refractivity contribution is -0.149. The van der Waals surface area contributed by atoms with Gasteiger partial charge in [-0.2, -0.15) is 0 Å². The van der Waals surface area contributed by atoms with Crippen LogP contribution < -0.4 is 0 Å². The maximum absolute atomic E-state index is 12.3. The van der Waals surface area contributed by atoms with Gasteiger partial charge in [-0.15, -0.1) is 0 Å². The third kappa shape index (κ3) is 4.67. The highest BCUT2D eigenvalue weighted by Gasteiger charge is 2.30. The molecule has 4 heteroatoms. The molecule has 0 aromatic rings. The van der Waals surface area contributed by atoms with Crippen LogP contribution in [-0.4, -0.2) is 36.5 Å². The smallest absolute Gasteiger partial charge is 0.325 e. The Hall–Kier alpha value is -1.06. The van der Waals surface area contributed by atoms with Crippen molar-refractivity contribution in [3.05, 3.63) is 0 Å². The van der Waals surface area contributed by atoms with Gasteiger partial charge in [0.15, 0.2) is 0 Å². The molecule has 0 spiro atoms. The highest BCUT2D eigenvalue weighted by atomic mass is 16.5. The molecule has 0 heterocycles. The van der Waals surface area contributed by atoms with Gasteiger partial charge in [0, 0.05) is 12.5 Å². The Bertz CT molecular complexity index is 301. The topological polar surface area (TPSA) is 46.6 Å². The summed E-state index contributed by atoms with van der Waals surface area (Å²) >= 11 is 0. The average Bonchev–Trinajstić information content (AvgIpc) is 2.75. The van der Waals surface area contributed by atoms with Crippen molar-refractivity contribution in [2.75, 3.05) is 13.7 Å². The highest BCUT2D eigenvalue weighted by molar-refractivity contribution is 5.82. The Kier molecular flexibility index (Phi) is 5.17. The molecule has 0 unspecified atom stereocenters. The second-order valence-electron chi connectivity index (χ2n) is 6.27. The van der Waals surface area contributed by atoms with Gasteiger partial charge in [0.25, 0.3) is 0 Å². The van der Waals surface area contributed by atoms with Crippen molar-refractivity contribution in [3.63, 3.8) is 0 Å². The van der Waals surface area contributed by atoms with Gasteiger partial charge in [-0.3, -0.25) is 9.59 Å². The summed E-state index contributed by atoms with van der Waals surface area (Å²) < 4.78 is 4.69. The molecule has 0 aromatic heterocycles. The van der Waals surface area contributed by atoms with Gasteiger partial charge in [0.05, 0.1) is 7.11 Å². The third-order valence-corrected chi connectivity index (χ3v) is 3.29. The van der Waals surface area contributed by atoms with Gasteiger partial charge in [-0.05, 0) is 18.3 Å². The van der Waals surface area contributed by atoms with E-state index in [0.717, 1.165) is 25.7 Å². The number of nitrogens with zero attached hydrogens (tertiary/aromatic N) is 1. The fraction of sp³-hybridized carbons (Fsp3) is 0.857. The molecular weight excluding hydrogens is 230 g/mol. The molecule has 0 bridgehead atoms. The molecule has 104 valence electrons. The first-order valence-electron chi connectivity index (χ1n) is 6.70. The minimum atomic E-state index is -0.329. The standard InChI is InChI=1S/C14H25NO3/c1-14(2,3)9-12(16)15(10-13(17)18-4)11-7-5-6-8-11/h11H,5-10H2,1-4H3. The average molecular weight is 255 g/mol. The molecule has 1 fully saturated rings. The first kappa shape index (κ1) is 15.0. The maximum Gasteiger partial charge on any atom is 0.325 e. The summed E-state index contributed by atoms with van der Waals surface area (Å²) in [4.78, 5) is 25.5. The number of carbonyl (C=O) groups excluding carboxylic acids is 2. The van der Waals surface area contributed by atoms with E-state index in [1.54, 1.807) is 4.90 Å². The van der Waals surface area contributed by atoms with E-state index < -0.39 is 0 Å². The summed E-state index contributed by atoms with van der Waals surface area (Å²) in [7, 11) is 1.36. The zero-order chi connectivity index (χ0) is 13.8. The van der Waals surface area contributed by atoms with Gasteiger partial charge in [0.1, 0.15) is 6.54 Å². The predicted molar refractivity (Wildman–Crippen MR) is 70.1 cm³/mol. The molecule has 18 heavy (non-hydrogen) atoms. The molecule has 0 atom stereocenters. The molecule has 0 saturated heterocycles. The van der Waals surface area contributed by atoms with Crippen LogP contribution in [0.3, 0.4) is 0 Å². The zero-order valence-electron chi connectivity index (χ0n) is 12.0. The predicted octanol–water partition coefficient (Wildman–Crippen LogP) is 2.37.